The van der Waals surface area contributed by atoms with Crippen LogP contribution in [0.15, 0.2) is 42.1 Å². The number of allylic oxidation sites excluding steroid dienone is 1. The van der Waals surface area contributed by atoms with Crippen LogP contribution in [0.5, 0.6) is 11.5 Å². The van der Waals surface area contributed by atoms with Crippen molar-refractivity contribution in [3.8, 4) is 11.5 Å². The number of aryl methyl sites for hydroxylation is 2. The van der Waals surface area contributed by atoms with Gasteiger partial charge in [-0.25, -0.2) is 4.79 Å². The van der Waals surface area contributed by atoms with E-state index in [1.54, 1.807) is 21.3 Å². The summed E-state index contributed by atoms with van der Waals surface area (Å²) in [6.07, 6.45) is 4.11. The number of hydrogen-bond acceptors (Lipinski definition) is 5. The lowest BCUT2D eigenvalue weighted by molar-refractivity contribution is 0.0668. The van der Waals surface area contributed by atoms with E-state index in [0.717, 1.165) is 60.8 Å². The number of ether oxygens (including phenoxy) is 3. The van der Waals surface area contributed by atoms with Gasteiger partial charge in [0.1, 0.15) is 11.5 Å². The van der Waals surface area contributed by atoms with Crippen molar-refractivity contribution in [1.29, 1.82) is 0 Å². The fourth-order valence-corrected chi connectivity index (χ4v) is 7.07. The number of carbonyl (C=O) groups is 1. The molecule has 0 radical (unpaired) electrons. The van der Waals surface area contributed by atoms with Crippen LogP contribution in [0.2, 0.25) is 0 Å². The van der Waals surface area contributed by atoms with Crippen molar-refractivity contribution in [1.82, 2.24) is 14.7 Å². The fourth-order valence-electron chi connectivity index (χ4n) is 7.07. The highest BCUT2D eigenvalue weighted by Gasteiger charge is 2.56. The summed E-state index contributed by atoms with van der Waals surface area (Å²) < 4.78 is 16.9. The van der Waals surface area contributed by atoms with Gasteiger partial charge in [-0.1, -0.05) is 49.2 Å². The Bertz CT molecular complexity index is 1260. The van der Waals surface area contributed by atoms with Gasteiger partial charge in [-0.05, 0) is 43.9 Å². The molecule has 2 amide bonds. The van der Waals surface area contributed by atoms with Gasteiger partial charge in [-0.3, -0.25) is 9.80 Å². The zero-order valence-electron chi connectivity index (χ0n) is 24.6. The third-order valence-electron chi connectivity index (χ3n) is 8.72. The average Bonchev–Trinajstić information content (AvgIpc) is 3.00. The Hall–Kier alpha value is -3.03. The molecule has 3 aliphatic heterocycles. The van der Waals surface area contributed by atoms with Gasteiger partial charge in [0.15, 0.2) is 0 Å². The first-order chi connectivity index (χ1) is 18.6. The van der Waals surface area contributed by atoms with Crippen molar-refractivity contribution in [3.05, 3.63) is 69.9 Å². The van der Waals surface area contributed by atoms with Gasteiger partial charge >= 0.3 is 6.03 Å². The summed E-state index contributed by atoms with van der Waals surface area (Å²) in [5, 5.41) is 0. The van der Waals surface area contributed by atoms with Crippen molar-refractivity contribution in [2.24, 2.45) is 0 Å². The molecule has 0 unspecified atom stereocenters. The number of methoxy groups -OCH3 is 3. The lowest BCUT2D eigenvalue weighted by Crippen LogP contribution is -2.54. The van der Waals surface area contributed by atoms with Crippen molar-refractivity contribution in [3.63, 3.8) is 0 Å². The SMILES string of the molecule is COCCN1C(=O)N2Cc3cc(OC)cc(OC)c3C(C)(C)C=C2C12CCN(Cc1cc(C)cc(C)c1)CC2. The number of hydrogen-bond donors (Lipinski definition) is 0. The number of urea groups is 1. The van der Waals surface area contributed by atoms with Gasteiger partial charge in [0.05, 0.1) is 32.9 Å². The van der Waals surface area contributed by atoms with Crippen LogP contribution in [0.25, 0.3) is 0 Å². The lowest BCUT2D eigenvalue weighted by Gasteiger charge is -2.45. The number of carbonyl (C=O) groups excluding carboxylic acids is 1. The minimum Gasteiger partial charge on any atom is -0.497 e. The molecule has 0 aromatic heterocycles. The van der Waals surface area contributed by atoms with Gasteiger partial charge in [0.2, 0.25) is 0 Å². The highest BCUT2D eigenvalue weighted by Crippen LogP contribution is 2.50. The summed E-state index contributed by atoms with van der Waals surface area (Å²) >= 11 is 0. The number of fused-ring (bicyclic) bond motifs is 3. The number of amides is 2. The Morgan fingerprint density at radius 3 is 2.23 bits per heavy atom. The number of benzene rings is 2. The Morgan fingerprint density at radius 2 is 1.62 bits per heavy atom. The van der Waals surface area contributed by atoms with Crippen LogP contribution in [0.1, 0.15) is 54.5 Å². The molecule has 2 aromatic carbocycles. The van der Waals surface area contributed by atoms with Crippen LogP contribution < -0.4 is 9.47 Å². The molecule has 0 aliphatic carbocycles. The molecule has 210 valence electrons. The predicted molar refractivity (Wildman–Crippen MR) is 153 cm³/mol. The molecule has 2 aromatic rings. The maximum absolute atomic E-state index is 14.1. The van der Waals surface area contributed by atoms with E-state index in [9.17, 15) is 4.79 Å². The number of nitrogens with zero attached hydrogens (tertiary/aromatic N) is 3. The quantitative estimate of drug-likeness (QED) is 0.476. The third-order valence-corrected chi connectivity index (χ3v) is 8.72. The molecule has 3 heterocycles. The average molecular weight is 534 g/mol. The van der Waals surface area contributed by atoms with Crippen LogP contribution >= 0.6 is 0 Å². The monoisotopic (exact) mass is 533 g/mol. The van der Waals surface area contributed by atoms with Crippen LogP contribution in [0, 0.1) is 13.8 Å². The summed E-state index contributed by atoms with van der Waals surface area (Å²) in [4.78, 5) is 20.8. The molecule has 0 saturated carbocycles. The normalized spacial score (nSPS) is 20.0. The van der Waals surface area contributed by atoms with E-state index >= 15 is 0 Å². The summed E-state index contributed by atoms with van der Waals surface area (Å²) in [5.41, 5.74) is 6.57. The molecule has 0 atom stereocenters. The van der Waals surface area contributed by atoms with Crippen molar-refractivity contribution in [2.75, 3.05) is 47.6 Å². The summed E-state index contributed by atoms with van der Waals surface area (Å²) in [7, 11) is 5.07. The van der Waals surface area contributed by atoms with Crippen LogP contribution in [0.3, 0.4) is 0 Å². The highest BCUT2D eigenvalue weighted by atomic mass is 16.5. The molecule has 2 saturated heterocycles. The Kier molecular flexibility index (Phi) is 7.42. The Labute approximate surface area is 233 Å². The molecular weight excluding hydrogens is 490 g/mol. The molecule has 39 heavy (non-hydrogen) atoms. The molecule has 2 fully saturated rings. The van der Waals surface area contributed by atoms with Gasteiger partial charge in [-0.15, -0.1) is 0 Å². The van der Waals surface area contributed by atoms with Crippen molar-refractivity contribution >= 4 is 6.03 Å². The summed E-state index contributed by atoms with van der Waals surface area (Å²) in [6, 6.07) is 10.9. The second-order valence-corrected chi connectivity index (χ2v) is 11.9. The predicted octanol–water partition coefficient (Wildman–Crippen LogP) is 5.41. The smallest absolute Gasteiger partial charge is 0.325 e. The van der Waals surface area contributed by atoms with E-state index in [4.69, 9.17) is 14.2 Å². The van der Waals surface area contributed by atoms with E-state index in [0.29, 0.717) is 19.7 Å². The molecule has 7 nitrogen and oxygen atoms in total. The van der Waals surface area contributed by atoms with Gasteiger partial charge in [-0.2, -0.15) is 0 Å². The molecule has 0 bridgehead atoms. The van der Waals surface area contributed by atoms with Gasteiger partial charge in [0, 0.05) is 56.0 Å². The van der Waals surface area contributed by atoms with E-state index in [1.807, 2.05) is 11.0 Å². The Balaban J connectivity index is 1.51. The van der Waals surface area contributed by atoms with E-state index in [-0.39, 0.29) is 17.0 Å². The van der Waals surface area contributed by atoms with Crippen LogP contribution in [-0.4, -0.2) is 73.8 Å². The van der Waals surface area contributed by atoms with E-state index in [1.165, 1.54) is 16.7 Å². The zero-order chi connectivity index (χ0) is 27.9. The van der Waals surface area contributed by atoms with Gasteiger partial charge < -0.3 is 19.1 Å². The van der Waals surface area contributed by atoms with Crippen LogP contribution in [0.4, 0.5) is 4.79 Å². The van der Waals surface area contributed by atoms with E-state index < -0.39 is 0 Å². The van der Waals surface area contributed by atoms with E-state index in [2.05, 4.69) is 67.8 Å². The number of piperidine rings is 1. The molecule has 5 rings (SSSR count). The largest absolute Gasteiger partial charge is 0.497 e. The second-order valence-electron chi connectivity index (χ2n) is 11.9. The molecule has 0 N–H and O–H groups in total. The van der Waals surface area contributed by atoms with Crippen molar-refractivity contribution in [2.45, 2.75) is 64.6 Å². The number of likely N-dealkylation sites (tertiary alicyclic amines) is 1. The third kappa shape index (κ3) is 4.91. The zero-order valence-corrected chi connectivity index (χ0v) is 24.6. The first-order valence-electron chi connectivity index (χ1n) is 14.0. The maximum Gasteiger partial charge on any atom is 0.325 e. The standard InChI is InChI=1S/C32H43N3O4/c1-22-14-23(2)16-24(15-22)20-33-10-8-32(9-11-33)28-19-31(3,4)29-25(17-26(38-6)18-27(29)39-7)21-34(28)30(36)35(32)12-13-37-5/h14-19H,8-13,20-21H2,1-7H3. The molecule has 7 heteroatoms. The van der Waals surface area contributed by atoms with Crippen molar-refractivity contribution < 1.29 is 19.0 Å². The van der Waals surface area contributed by atoms with Gasteiger partial charge in [0.25, 0.3) is 0 Å². The Morgan fingerprint density at radius 1 is 0.923 bits per heavy atom. The minimum atomic E-state index is -0.356. The summed E-state index contributed by atoms with van der Waals surface area (Å²) in [6.45, 7) is 13.2. The second kappa shape index (κ2) is 10.5. The molecule has 1 spiro atoms. The minimum absolute atomic E-state index is 0.0616. The molecular formula is C32H43N3O4. The summed E-state index contributed by atoms with van der Waals surface area (Å²) in [5.74, 6) is 1.54. The number of rotatable bonds is 7. The topological polar surface area (TPSA) is 54.5 Å². The first kappa shape index (κ1) is 27.5. The molecule has 3 aliphatic rings. The lowest BCUT2D eigenvalue weighted by atomic mass is 9.77. The highest BCUT2D eigenvalue weighted by molar-refractivity contribution is 5.83. The van der Waals surface area contributed by atoms with Crippen LogP contribution in [-0.2, 0) is 23.2 Å². The maximum atomic E-state index is 14.1. The fraction of sp³-hybridized carbons (Fsp3) is 0.531. The first-order valence-corrected chi connectivity index (χ1v) is 14.0.